The maximum atomic E-state index is 13.7. The van der Waals surface area contributed by atoms with Crippen LogP contribution in [0.4, 0.5) is 14.9 Å². The van der Waals surface area contributed by atoms with E-state index in [0.29, 0.717) is 19.1 Å². The maximum Gasteiger partial charge on any atom is 0.321 e. The molecule has 1 heterocycles. The van der Waals surface area contributed by atoms with Crippen molar-refractivity contribution in [3.8, 4) is 0 Å². The molecular weight excluding hydrogens is 321 g/mol. The Bertz CT molecular complexity index is 631. The summed E-state index contributed by atoms with van der Waals surface area (Å²) in [5, 5.41) is 2.61. The third-order valence-corrected chi connectivity index (χ3v) is 5.39. The molecule has 5 nitrogen and oxygen atoms in total. The van der Waals surface area contributed by atoms with Crippen LogP contribution in [0.1, 0.15) is 38.5 Å². The normalized spacial score (nSPS) is 21.2. The summed E-state index contributed by atoms with van der Waals surface area (Å²) in [7, 11) is 1.89. The highest BCUT2D eigenvalue weighted by atomic mass is 19.1. The van der Waals surface area contributed by atoms with Crippen LogP contribution in [0.2, 0.25) is 0 Å². The van der Waals surface area contributed by atoms with Crippen LogP contribution in [0.25, 0.3) is 0 Å². The first-order chi connectivity index (χ1) is 12.1. The molecule has 0 aromatic heterocycles. The van der Waals surface area contributed by atoms with Crippen molar-refractivity contribution < 1.29 is 14.0 Å². The third kappa shape index (κ3) is 4.11. The van der Waals surface area contributed by atoms with Gasteiger partial charge < -0.3 is 15.1 Å². The first-order valence-electron chi connectivity index (χ1n) is 9.13. The smallest absolute Gasteiger partial charge is 0.321 e. The Hall–Kier alpha value is -2.11. The van der Waals surface area contributed by atoms with Gasteiger partial charge in [-0.15, -0.1) is 0 Å². The molecule has 1 aliphatic carbocycles. The van der Waals surface area contributed by atoms with Crippen molar-refractivity contribution in [2.45, 2.75) is 44.6 Å². The molecule has 0 radical (unpaired) electrons. The molecule has 2 aliphatic rings. The Balaban J connectivity index is 1.59. The zero-order valence-corrected chi connectivity index (χ0v) is 14.7. The van der Waals surface area contributed by atoms with E-state index in [2.05, 4.69) is 5.32 Å². The van der Waals surface area contributed by atoms with Gasteiger partial charge in [0.05, 0.1) is 11.6 Å². The van der Waals surface area contributed by atoms with Gasteiger partial charge in [0.15, 0.2) is 0 Å². The number of para-hydroxylation sites is 1. The molecule has 1 aromatic rings. The molecule has 3 rings (SSSR count). The Morgan fingerprint density at radius 3 is 2.60 bits per heavy atom. The number of hydrogen-bond donors (Lipinski definition) is 1. The van der Waals surface area contributed by atoms with Crippen LogP contribution in [0.15, 0.2) is 24.3 Å². The minimum Gasteiger partial charge on any atom is -0.342 e. The molecule has 1 saturated heterocycles. The average molecular weight is 347 g/mol. The van der Waals surface area contributed by atoms with Gasteiger partial charge in [-0.25, -0.2) is 9.18 Å². The highest BCUT2D eigenvalue weighted by Crippen LogP contribution is 2.26. The minimum atomic E-state index is -0.457. The molecule has 2 fully saturated rings. The fourth-order valence-corrected chi connectivity index (χ4v) is 3.88. The van der Waals surface area contributed by atoms with Gasteiger partial charge in [-0.05, 0) is 37.8 Å². The molecule has 1 atom stereocenters. The van der Waals surface area contributed by atoms with Crippen LogP contribution in [0.3, 0.4) is 0 Å². The van der Waals surface area contributed by atoms with Crippen molar-refractivity contribution >= 4 is 17.6 Å². The quantitative estimate of drug-likeness (QED) is 0.910. The Morgan fingerprint density at radius 1 is 1.16 bits per heavy atom. The Kier molecular flexibility index (Phi) is 5.56. The van der Waals surface area contributed by atoms with Crippen molar-refractivity contribution in [2.24, 2.45) is 5.92 Å². The van der Waals surface area contributed by atoms with E-state index in [1.807, 2.05) is 11.9 Å². The van der Waals surface area contributed by atoms with Gasteiger partial charge in [0.2, 0.25) is 5.91 Å². The fraction of sp³-hybridized carbons (Fsp3) is 0.579. The lowest BCUT2D eigenvalue weighted by Gasteiger charge is -2.35. The van der Waals surface area contributed by atoms with Gasteiger partial charge in [0, 0.05) is 26.2 Å². The van der Waals surface area contributed by atoms with Crippen molar-refractivity contribution in [1.82, 2.24) is 9.80 Å². The molecule has 1 aromatic carbocycles. The minimum absolute atomic E-state index is 0.135. The number of nitrogens with one attached hydrogen (secondary N) is 1. The zero-order chi connectivity index (χ0) is 17.8. The number of anilines is 1. The maximum absolute atomic E-state index is 13.7. The van der Waals surface area contributed by atoms with E-state index in [9.17, 15) is 14.0 Å². The van der Waals surface area contributed by atoms with Crippen LogP contribution in [-0.2, 0) is 4.79 Å². The third-order valence-electron chi connectivity index (χ3n) is 5.39. The molecule has 136 valence electrons. The van der Waals surface area contributed by atoms with Crippen LogP contribution in [0.5, 0.6) is 0 Å². The van der Waals surface area contributed by atoms with E-state index in [0.717, 1.165) is 25.7 Å². The van der Waals surface area contributed by atoms with Crippen LogP contribution < -0.4 is 5.32 Å². The van der Waals surface area contributed by atoms with Gasteiger partial charge in [-0.2, -0.15) is 0 Å². The zero-order valence-electron chi connectivity index (χ0n) is 14.7. The Labute approximate surface area is 148 Å². The number of carbonyl (C=O) groups is 2. The summed E-state index contributed by atoms with van der Waals surface area (Å²) in [6.07, 6.45) is 6.12. The molecule has 1 aliphatic heterocycles. The van der Waals surface area contributed by atoms with Crippen LogP contribution in [0, 0.1) is 11.7 Å². The first-order valence-corrected chi connectivity index (χ1v) is 9.13. The number of halogens is 1. The molecule has 6 heteroatoms. The average Bonchev–Trinajstić information content (AvgIpc) is 3.17. The summed E-state index contributed by atoms with van der Waals surface area (Å²) in [5.41, 5.74) is 0.170. The number of benzene rings is 1. The standard InChI is InChI=1S/C19H26FN3O2/c1-22(15-8-2-3-9-15)18(24)14-7-6-12-23(13-14)19(25)21-17-11-5-4-10-16(17)20/h4-5,10-11,14-15H,2-3,6-9,12-13H2,1H3,(H,21,25)/t14-/m1/s1. The van der Waals surface area contributed by atoms with Crippen LogP contribution >= 0.6 is 0 Å². The highest BCUT2D eigenvalue weighted by Gasteiger charge is 2.33. The number of nitrogens with zero attached hydrogens (tertiary/aromatic N) is 2. The predicted molar refractivity (Wildman–Crippen MR) is 94.7 cm³/mol. The van der Waals surface area contributed by atoms with Crippen molar-refractivity contribution in [3.63, 3.8) is 0 Å². The largest absolute Gasteiger partial charge is 0.342 e. The molecule has 3 amide bonds. The highest BCUT2D eigenvalue weighted by molar-refractivity contribution is 5.90. The first kappa shape index (κ1) is 17.7. The molecule has 0 bridgehead atoms. The second-order valence-corrected chi connectivity index (χ2v) is 7.08. The lowest BCUT2D eigenvalue weighted by atomic mass is 9.96. The molecular formula is C19H26FN3O2. The molecule has 0 unspecified atom stereocenters. The summed E-state index contributed by atoms with van der Waals surface area (Å²) in [6, 6.07) is 6.11. The van der Waals surface area contributed by atoms with E-state index in [-0.39, 0.29) is 23.5 Å². The van der Waals surface area contributed by atoms with Crippen molar-refractivity contribution in [3.05, 3.63) is 30.1 Å². The molecule has 1 N–H and O–H groups in total. The number of hydrogen-bond acceptors (Lipinski definition) is 2. The SMILES string of the molecule is CN(C(=O)[C@@H]1CCCN(C(=O)Nc2ccccc2F)C1)C1CCCC1. The van der Waals surface area contributed by atoms with Gasteiger partial charge in [-0.3, -0.25) is 4.79 Å². The van der Waals surface area contributed by atoms with E-state index >= 15 is 0 Å². The fourth-order valence-electron chi connectivity index (χ4n) is 3.88. The monoisotopic (exact) mass is 347 g/mol. The van der Waals surface area contributed by atoms with Crippen molar-refractivity contribution in [2.75, 3.05) is 25.5 Å². The summed E-state index contributed by atoms with van der Waals surface area (Å²) in [4.78, 5) is 28.7. The van der Waals surface area contributed by atoms with Crippen molar-refractivity contribution in [1.29, 1.82) is 0 Å². The number of amides is 3. The van der Waals surface area contributed by atoms with E-state index in [4.69, 9.17) is 0 Å². The van der Waals surface area contributed by atoms with E-state index in [1.165, 1.54) is 25.0 Å². The van der Waals surface area contributed by atoms with Gasteiger partial charge in [0.25, 0.3) is 0 Å². The van der Waals surface area contributed by atoms with E-state index < -0.39 is 5.82 Å². The number of likely N-dealkylation sites (tertiary alicyclic amines) is 1. The molecule has 1 saturated carbocycles. The molecule has 0 spiro atoms. The summed E-state index contributed by atoms with van der Waals surface area (Å²) in [5.74, 6) is -0.484. The summed E-state index contributed by atoms with van der Waals surface area (Å²) >= 11 is 0. The van der Waals surface area contributed by atoms with Gasteiger partial charge in [0.1, 0.15) is 5.82 Å². The van der Waals surface area contributed by atoms with Gasteiger partial charge in [-0.1, -0.05) is 25.0 Å². The second kappa shape index (κ2) is 7.85. The van der Waals surface area contributed by atoms with Crippen LogP contribution in [-0.4, -0.2) is 47.9 Å². The predicted octanol–water partition coefficient (Wildman–Crippen LogP) is 3.47. The van der Waals surface area contributed by atoms with Gasteiger partial charge >= 0.3 is 6.03 Å². The number of carbonyl (C=O) groups excluding carboxylic acids is 2. The summed E-state index contributed by atoms with van der Waals surface area (Å²) in [6.45, 7) is 0.993. The number of piperidine rings is 1. The number of urea groups is 1. The Morgan fingerprint density at radius 2 is 1.88 bits per heavy atom. The second-order valence-electron chi connectivity index (χ2n) is 7.08. The summed E-state index contributed by atoms with van der Waals surface area (Å²) < 4.78 is 13.7. The van der Waals surface area contributed by atoms with E-state index in [1.54, 1.807) is 17.0 Å². The lowest BCUT2D eigenvalue weighted by Crippen LogP contribution is -2.48. The lowest BCUT2D eigenvalue weighted by molar-refractivity contribution is -0.137. The number of rotatable bonds is 3. The topological polar surface area (TPSA) is 52.7 Å². The molecule has 25 heavy (non-hydrogen) atoms.